The summed E-state index contributed by atoms with van der Waals surface area (Å²) in [4.78, 5) is 9.40. The molecule has 2 saturated heterocycles. The second-order valence-corrected chi connectivity index (χ2v) is 7.55. The number of nitrogens with one attached hydrogen (secondary N) is 1. The number of ether oxygens (including phenoxy) is 2. The predicted molar refractivity (Wildman–Crippen MR) is 102 cm³/mol. The van der Waals surface area contributed by atoms with E-state index in [1.165, 1.54) is 50.9 Å². The number of hydrogen-bond donors (Lipinski definition) is 1. The van der Waals surface area contributed by atoms with Gasteiger partial charge in [-0.1, -0.05) is 6.42 Å². The van der Waals surface area contributed by atoms with Gasteiger partial charge in [-0.05, 0) is 44.5 Å². The Hall–Kier alpha value is -1.86. The Morgan fingerprint density at radius 3 is 2.93 bits per heavy atom. The molecule has 0 radical (unpaired) electrons. The Morgan fingerprint density at radius 2 is 2.11 bits per heavy atom. The summed E-state index contributed by atoms with van der Waals surface area (Å²) < 4.78 is 24.8. The first-order valence-corrected chi connectivity index (χ1v) is 9.96. The second kappa shape index (κ2) is 8.44. The van der Waals surface area contributed by atoms with Crippen LogP contribution in [0.4, 0.5) is 4.39 Å². The van der Waals surface area contributed by atoms with Crippen molar-refractivity contribution >= 4 is 5.96 Å². The SMILES string of the molecule is CN=C(NCc1cc(F)cc2c1OCOC2)N1CCC(N2CCCCC2)C1. The first-order chi connectivity index (χ1) is 13.2. The number of fused-ring (bicyclic) bond motifs is 1. The number of nitrogens with zero attached hydrogens (tertiary/aromatic N) is 3. The van der Waals surface area contributed by atoms with Crippen LogP contribution in [0.2, 0.25) is 0 Å². The summed E-state index contributed by atoms with van der Waals surface area (Å²) >= 11 is 0. The van der Waals surface area contributed by atoms with Crippen molar-refractivity contribution in [3.8, 4) is 5.75 Å². The summed E-state index contributed by atoms with van der Waals surface area (Å²) in [5, 5.41) is 3.40. The molecule has 27 heavy (non-hydrogen) atoms. The average molecular weight is 376 g/mol. The van der Waals surface area contributed by atoms with Crippen molar-refractivity contribution < 1.29 is 13.9 Å². The minimum atomic E-state index is -0.263. The van der Waals surface area contributed by atoms with Crippen LogP contribution in [0.3, 0.4) is 0 Å². The molecule has 6 nitrogen and oxygen atoms in total. The summed E-state index contributed by atoms with van der Waals surface area (Å²) in [5.74, 6) is 1.35. The summed E-state index contributed by atoms with van der Waals surface area (Å²) in [6, 6.07) is 3.63. The minimum Gasteiger partial charge on any atom is -0.467 e. The molecule has 3 aliphatic rings. The van der Waals surface area contributed by atoms with Crippen LogP contribution in [-0.4, -0.2) is 61.8 Å². The molecule has 1 aromatic rings. The zero-order valence-electron chi connectivity index (χ0n) is 16.0. The van der Waals surface area contributed by atoms with E-state index >= 15 is 0 Å². The van der Waals surface area contributed by atoms with Crippen LogP contribution >= 0.6 is 0 Å². The van der Waals surface area contributed by atoms with Gasteiger partial charge in [0, 0.05) is 43.9 Å². The molecule has 0 spiro atoms. The van der Waals surface area contributed by atoms with E-state index in [1.54, 1.807) is 0 Å². The maximum absolute atomic E-state index is 13.9. The number of aliphatic imine (C=N–C) groups is 1. The molecular formula is C20H29FN4O2. The van der Waals surface area contributed by atoms with Gasteiger partial charge in [0.25, 0.3) is 0 Å². The first kappa shape index (κ1) is 18.5. The van der Waals surface area contributed by atoms with Gasteiger partial charge >= 0.3 is 0 Å². The molecular weight excluding hydrogens is 347 g/mol. The lowest BCUT2D eigenvalue weighted by Crippen LogP contribution is -2.44. The molecule has 3 aliphatic heterocycles. The number of halogens is 1. The minimum absolute atomic E-state index is 0.212. The molecule has 0 aliphatic carbocycles. The molecule has 0 saturated carbocycles. The van der Waals surface area contributed by atoms with E-state index in [4.69, 9.17) is 9.47 Å². The Bertz CT molecular complexity index is 691. The predicted octanol–water partition coefficient (Wildman–Crippen LogP) is 2.33. The number of hydrogen-bond acceptors (Lipinski definition) is 4. The normalized spacial score (nSPS) is 23.9. The molecule has 0 bridgehead atoms. The third kappa shape index (κ3) is 4.19. The van der Waals surface area contributed by atoms with Crippen molar-refractivity contribution in [2.45, 2.75) is 44.9 Å². The molecule has 0 amide bonds. The summed E-state index contributed by atoms with van der Waals surface area (Å²) in [6.07, 6.45) is 5.17. The standard InChI is InChI=1S/C20H29FN4O2/c1-22-20(25-8-5-18(12-25)24-6-3-2-4-7-24)23-11-15-9-17(21)10-16-13-26-14-27-19(15)16/h9-10,18H,2-8,11-14H2,1H3,(H,22,23). The van der Waals surface area contributed by atoms with E-state index in [2.05, 4.69) is 20.1 Å². The zero-order valence-corrected chi connectivity index (χ0v) is 16.0. The van der Waals surface area contributed by atoms with E-state index in [9.17, 15) is 4.39 Å². The molecule has 0 aromatic heterocycles. The molecule has 4 rings (SSSR count). The molecule has 1 atom stereocenters. The van der Waals surface area contributed by atoms with E-state index in [0.717, 1.165) is 35.9 Å². The van der Waals surface area contributed by atoms with Crippen molar-refractivity contribution in [1.82, 2.24) is 15.1 Å². The van der Waals surface area contributed by atoms with Crippen LogP contribution in [0, 0.1) is 5.82 Å². The van der Waals surface area contributed by atoms with Gasteiger partial charge in [0.15, 0.2) is 12.8 Å². The fourth-order valence-electron chi connectivity index (χ4n) is 4.41. The molecule has 2 fully saturated rings. The maximum atomic E-state index is 13.9. The largest absolute Gasteiger partial charge is 0.467 e. The highest BCUT2D eigenvalue weighted by Crippen LogP contribution is 2.29. The topological polar surface area (TPSA) is 49.3 Å². The van der Waals surface area contributed by atoms with Crippen LogP contribution in [-0.2, 0) is 17.9 Å². The Labute approximate surface area is 160 Å². The van der Waals surface area contributed by atoms with E-state index in [1.807, 2.05) is 7.05 Å². The second-order valence-electron chi connectivity index (χ2n) is 7.55. The Kier molecular flexibility index (Phi) is 5.78. The summed E-state index contributed by atoms with van der Waals surface area (Å²) in [7, 11) is 1.81. The number of likely N-dealkylation sites (tertiary alicyclic amines) is 2. The number of guanidine groups is 1. The fraction of sp³-hybridized carbons (Fsp3) is 0.650. The Morgan fingerprint density at radius 1 is 1.26 bits per heavy atom. The van der Waals surface area contributed by atoms with E-state index < -0.39 is 0 Å². The van der Waals surface area contributed by atoms with Crippen LogP contribution in [0.25, 0.3) is 0 Å². The summed E-state index contributed by atoms with van der Waals surface area (Å²) in [6.45, 7) is 5.54. The van der Waals surface area contributed by atoms with Crippen LogP contribution in [0.15, 0.2) is 17.1 Å². The molecule has 1 N–H and O–H groups in total. The lowest BCUT2D eigenvalue weighted by atomic mass is 10.1. The number of piperidine rings is 1. The molecule has 3 heterocycles. The smallest absolute Gasteiger partial charge is 0.193 e. The lowest BCUT2D eigenvalue weighted by molar-refractivity contribution is -0.0173. The number of rotatable bonds is 3. The van der Waals surface area contributed by atoms with Crippen molar-refractivity contribution in [3.05, 3.63) is 29.1 Å². The quantitative estimate of drug-likeness (QED) is 0.648. The van der Waals surface area contributed by atoms with Crippen LogP contribution in [0.1, 0.15) is 36.8 Å². The van der Waals surface area contributed by atoms with E-state index in [-0.39, 0.29) is 12.6 Å². The highest BCUT2D eigenvalue weighted by Gasteiger charge is 2.30. The Balaban J connectivity index is 1.38. The average Bonchev–Trinajstić information content (AvgIpc) is 3.19. The molecule has 1 unspecified atom stereocenters. The van der Waals surface area contributed by atoms with Crippen molar-refractivity contribution in [2.24, 2.45) is 4.99 Å². The monoisotopic (exact) mass is 376 g/mol. The van der Waals surface area contributed by atoms with Gasteiger partial charge in [0.05, 0.1) is 6.61 Å². The van der Waals surface area contributed by atoms with Crippen LogP contribution < -0.4 is 10.1 Å². The highest BCUT2D eigenvalue weighted by molar-refractivity contribution is 5.80. The zero-order chi connectivity index (χ0) is 18.6. The third-order valence-electron chi connectivity index (χ3n) is 5.77. The summed E-state index contributed by atoms with van der Waals surface area (Å²) in [5.41, 5.74) is 1.57. The van der Waals surface area contributed by atoms with Gasteiger partial charge in [-0.25, -0.2) is 4.39 Å². The first-order valence-electron chi connectivity index (χ1n) is 9.96. The molecule has 1 aromatic carbocycles. The van der Waals surface area contributed by atoms with Crippen LogP contribution in [0.5, 0.6) is 5.75 Å². The van der Waals surface area contributed by atoms with Gasteiger partial charge in [-0.3, -0.25) is 9.89 Å². The van der Waals surface area contributed by atoms with Gasteiger partial charge in [-0.15, -0.1) is 0 Å². The van der Waals surface area contributed by atoms with Gasteiger partial charge in [-0.2, -0.15) is 0 Å². The molecule has 7 heteroatoms. The van der Waals surface area contributed by atoms with Crippen molar-refractivity contribution in [2.75, 3.05) is 40.0 Å². The van der Waals surface area contributed by atoms with Crippen molar-refractivity contribution in [1.29, 1.82) is 0 Å². The highest BCUT2D eigenvalue weighted by atomic mass is 19.1. The lowest BCUT2D eigenvalue weighted by Gasteiger charge is -2.32. The van der Waals surface area contributed by atoms with Gasteiger partial charge in [0.2, 0.25) is 0 Å². The van der Waals surface area contributed by atoms with Gasteiger partial charge in [0.1, 0.15) is 11.6 Å². The molecule has 148 valence electrons. The fourth-order valence-corrected chi connectivity index (χ4v) is 4.41. The van der Waals surface area contributed by atoms with E-state index in [0.29, 0.717) is 19.2 Å². The number of benzene rings is 1. The van der Waals surface area contributed by atoms with Gasteiger partial charge < -0.3 is 19.7 Å². The van der Waals surface area contributed by atoms with Crippen molar-refractivity contribution in [3.63, 3.8) is 0 Å². The maximum Gasteiger partial charge on any atom is 0.193 e. The third-order valence-corrected chi connectivity index (χ3v) is 5.77.